The molecule has 1 atom stereocenters. The standard InChI is InChI=1S/C16H25BrFN/c1-2-3-4-5-6-7-8-12-15(19)13-10-9-11-14(18)16(13)17/h9-11,15H,2-8,12,19H2,1H3. The fraction of sp³-hybridized carbons (Fsp3) is 0.625. The van der Waals surface area contributed by atoms with Crippen molar-refractivity contribution in [3.05, 3.63) is 34.1 Å². The highest BCUT2D eigenvalue weighted by Gasteiger charge is 2.12. The lowest BCUT2D eigenvalue weighted by molar-refractivity contribution is 0.536. The third kappa shape index (κ3) is 6.05. The van der Waals surface area contributed by atoms with Gasteiger partial charge in [0.15, 0.2) is 0 Å². The van der Waals surface area contributed by atoms with E-state index in [4.69, 9.17) is 5.73 Å². The molecule has 1 rings (SSSR count). The van der Waals surface area contributed by atoms with E-state index >= 15 is 0 Å². The molecule has 2 N–H and O–H groups in total. The summed E-state index contributed by atoms with van der Waals surface area (Å²) in [4.78, 5) is 0. The van der Waals surface area contributed by atoms with Gasteiger partial charge < -0.3 is 5.73 Å². The van der Waals surface area contributed by atoms with E-state index in [0.717, 1.165) is 18.4 Å². The first-order chi connectivity index (χ1) is 9.16. The van der Waals surface area contributed by atoms with Gasteiger partial charge in [0.2, 0.25) is 0 Å². The van der Waals surface area contributed by atoms with Crippen LogP contribution in [-0.4, -0.2) is 0 Å². The zero-order valence-electron chi connectivity index (χ0n) is 11.8. The highest BCUT2D eigenvalue weighted by Crippen LogP contribution is 2.27. The fourth-order valence-corrected chi connectivity index (χ4v) is 2.84. The smallest absolute Gasteiger partial charge is 0.137 e. The monoisotopic (exact) mass is 329 g/mol. The summed E-state index contributed by atoms with van der Waals surface area (Å²) in [5.74, 6) is -0.229. The van der Waals surface area contributed by atoms with E-state index < -0.39 is 0 Å². The minimum absolute atomic E-state index is 0.0688. The molecular weight excluding hydrogens is 305 g/mol. The summed E-state index contributed by atoms with van der Waals surface area (Å²) in [6.07, 6.45) is 9.87. The van der Waals surface area contributed by atoms with Gasteiger partial charge >= 0.3 is 0 Å². The Morgan fingerprint density at radius 1 is 1.11 bits per heavy atom. The molecule has 0 bridgehead atoms. The largest absolute Gasteiger partial charge is 0.324 e. The molecule has 1 nitrogen and oxygen atoms in total. The second kappa shape index (κ2) is 9.49. The highest BCUT2D eigenvalue weighted by molar-refractivity contribution is 9.10. The van der Waals surface area contributed by atoms with E-state index in [1.807, 2.05) is 6.07 Å². The minimum atomic E-state index is -0.229. The lowest BCUT2D eigenvalue weighted by Crippen LogP contribution is -2.11. The van der Waals surface area contributed by atoms with Crippen LogP contribution in [0, 0.1) is 5.82 Å². The van der Waals surface area contributed by atoms with E-state index in [-0.39, 0.29) is 11.9 Å². The van der Waals surface area contributed by atoms with E-state index in [9.17, 15) is 4.39 Å². The van der Waals surface area contributed by atoms with E-state index in [2.05, 4.69) is 22.9 Å². The Balaban J connectivity index is 2.24. The van der Waals surface area contributed by atoms with Gasteiger partial charge in [-0.3, -0.25) is 0 Å². The maximum atomic E-state index is 13.4. The van der Waals surface area contributed by atoms with Crippen LogP contribution in [-0.2, 0) is 0 Å². The van der Waals surface area contributed by atoms with Gasteiger partial charge in [0.05, 0.1) is 4.47 Å². The molecule has 0 amide bonds. The first-order valence-electron chi connectivity index (χ1n) is 7.36. The van der Waals surface area contributed by atoms with Crippen LogP contribution >= 0.6 is 15.9 Å². The third-order valence-electron chi connectivity index (χ3n) is 3.50. The zero-order valence-corrected chi connectivity index (χ0v) is 13.4. The number of nitrogens with two attached hydrogens (primary N) is 1. The SMILES string of the molecule is CCCCCCCCCC(N)c1cccc(F)c1Br. The Labute approximate surface area is 124 Å². The van der Waals surface area contributed by atoms with Crippen LogP contribution in [0.1, 0.15) is 69.9 Å². The van der Waals surface area contributed by atoms with Crippen LogP contribution in [0.5, 0.6) is 0 Å². The van der Waals surface area contributed by atoms with Crippen LogP contribution < -0.4 is 5.73 Å². The maximum absolute atomic E-state index is 13.4. The molecule has 0 saturated carbocycles. The van der Waals surface area contributed by atoms with Gasteiger partial charge in [-0.15, -0.1) is 0 Å². The molecule has 0 aromatic heterocycles. The predicted molar refractivity (Wildman–Crippen MR) is 83.6 cm³/mol. The summed E-state index contributed by atoms with van der Waals surface area (Å²) in [6, 6.07) is 5.01. The zero-order chi connectivity index (χ0) is 14.1. The fourth-order valence-electron chi connectivity index (χ4n) is 2.28. The number of halogens is 2. The van der Waals surface area contributed by atoms with Gasteiger partial charge in [0.25, 0.3) is 0 Å². The van der Waals surface area contributed by atoms with Crippen molar-refractivity contribution in [2.75, 3.05) is 0 Å². The topological polar surface area (TPSA) is 26.0 Å². The van der Waals surface area contributed by atoms with Crippen molar-refractivity contribution in [1.29, 1.82) is 0 Å². The van der Waals surface area contributed by atoms with Crippen molar-refractivity contribution >= 4 is 15.9 Å². The van der Waals surface area contributed by atoms with E-state index in [1.54, 1.807) is 6.07 Å². The van der Waals surface area contributed by atoms with Crippen LogP contribution in [0.2, 0.25) is 0 Å². The van der Waals surface area contributed by atoms with Crippen LogP contribution in [0.4, 0.5) is 4.39 Å². The van der Waals surface area contributed by atoms with Crippen molar-refractivity contribution in [2.24, 2.45) is 5.73 Å². The normalized spacial score (nSPS) is 12.6. The summed E-state index contributed by atoms with van der Waals surface area (Å²) >= 11 is 3.28. The Hall–Kier alpha value is -0.410. The van der Waals surface area contributed by atoms with Gasteiger partial charge in [-0.1, -0.05) is 64.0 Å². The first-order valence-corrected chi connectivity index (χ1v) is 8.15. The van der Waals surface area contributed by atoms with Gasteiger partial charge in [0, 0.05) is 6.04 Å². The summed E-state index contributed by atoms with van der Waals surface area (Å²) in [5, 5.41) is 0. The number of hydrogen-bond acceptors (Lipinski definition) is 1. The second-order valence-electron chi connectivity index (χ2n) is 5.16. The van der Waals surface area contributed by atoms with Gasteiger partial charge in [0.1, 0.15) is 5.82 Å². The first kappa shape index (κ1) is 16.6. The highest BCUT2D eigenvalue weighted by atomic mass is 79.9. The second-order valence-corrected chi connectivity index (χ2v) is 5.95. The van der Waals surface area contributed by atoms with Crippen molar-refractivity contribution < 1.29 is 4.39 Å². The van der Waals surface area contributed by atoms with Crippen LogP contribution in [0.25, 0.3) is 0 Å². The van der Waals surface area contributed by atoms with Gasteiger partial charge in [-0.2, -0.15) is 0 Å². The van der Waals surface area contributed by atoms with E-state index in [0.29, 0.717) is 4.47 Å². The van der Waals surface area contributed by atoms with Gasteiger partial charge in [-0.25, -0.2) is 4.39 Å². The third-order valence-corrected chi connectivity index (χ3v) is 4.34. The van der Waals surface area contributed by atoms with Crippen molar-refractivity contribution in [3.63, 3.8) is 0 Å². The molecule has 1 aromatic rings. The molecule has 108 valence electrons. The molecule has 0 radical (unpaired) electrons. The molecule has 0 aliphatic rings. The van der Waals surface area contributed by atoms with Crippen LogP contribution in [0.15, 0.2) is 22.7 Å². The van der Waals surface area contributed by atoms with Crippen molar-refractivity contribution in [3.8, 4) is 0 Å². The number of hydrogen-bond donors (Lipinski definition) is 1. The molecule has 1 aromatic carbocycles. The lowest BCUT2D eigenvalue weighted by atomic mass is 10.00. The Bertz CT molecular complexity index is 368. The van der Waals surface area contributed by atoms with Gasteiger partial charge in [-0.05, 0) is 34.0 Å². The molecule has 0 spiro atoms. The Morgan fingerprint density at radius 3 is 2.42 bits per heavy atom. The predicted octanol–water partition coefficient (Wildman–Crippen LogP) is 5.73. The summed E-state index contributed by atoms with van der Waals surface area (Å²) in [7, 11) is 0. The quantitative estimate of drug-likeness (QED) is 0.575. The van der Waals surface area contributed by atoms with Crippen LogP contribution in [0.3, 0.4) is 0 Å². The molecule has 19 heavy (non-hydrogen) atoms. The summed E-state index contributed by atoms with van der Waals surface area (Å²) in [5.41, 5.74) is 7.01. The Morgan fingerprint density at radius 2 is 1.74 bits per heavy atom. The maximum Gasteiger partial charge on any atom is 0.137 e. The molecular formula is C16H25BrFN. The average molecular weight is 330 g/mol. The summed E-state index contributed by atoms with van der Waals surface area (Å²) in [6.45, 7) is 2.23. The number of benzene rings is 1. The van der Waals surface area contributed by atoms with Crippen molar-refractivity contribution in [2.45, 2.75) is 64.3 Å². The molecule has 0 aliphatic carbocycles. The molecule has 0 saturated heterocycles. The van der Waals surface area contributed by atoms with E-state index in [1.165, 1.54) is 44.6 Å². The molecule has 0 heterocycles. The number of rotatable bonds is 9. The lowest BCUT2D eigenvalue weighted by Gasteiger charge is -2.14. The molecule has 0 fully saturated rings. The Kier molecular flexibility index (Phi) is 8.31. The molecule has 3 heteroatoms. The molecule has 0 aliphatic heterocycles. The molecule has 1 unspecified atom stereocenters. The average Bonchev–Trinajstić information content (AvgIpc) is 2.40. The number of unbranched alkanes of at least 4 members (excludes halogenated alkanes) is 6. The summed E-state index contributed by atoms with van der Waals surface area (Å²) < 4.78 is 13.9. The van der Waals surface area contributed by atoms with Crippen molar-refractivity contribution in [1.82, 2.24) is 0 Å². The minimum Gasteiger partial charge on any atom is -0.324 e.